The van der Waals surface area contributed by atoms with E-state index >= 15 is 0 Å². The van der Waals surface area contributed by atoms with E-state index < -0.39 is 35.6 Å². The van der Waals surface area contributed by atoms with Crippen molar-refractivity contribution in [2.45, 2.75) is 82.1 Å². The van der Waals surface area contributed by atoms with E-state index in [-0.39, 0.29) is 17.6 Å². The number of amides is 1. The van der Waals surface area contributed by atoms with E-state index in [2.05, 4.69) is 15.1 Å². The zero-order valence-corrected chi connectivity index (χ0v) is 24.9. The fourth-order valence-corrected chi connectivity index (χ4v) is 7.04. The summed E-state index contributed by atoms with van der Waals surface area (Å²) in [6, 6.07) is 12.5. The Hall–Kier alpha value is -2.56. The molecule has 10 heteroatoms. The maximum Gasteiger partial charge on any atom is 0.416 e. The number of nitrogens with one attached hydrogen (secondary N) is 1. The molecule has 0 aliphatic carbocycles. The van der Waals surface area contributed by atoms with Crippen molar-refractivity contribution in [1.29, 1.82) is 0 Å². The van der Waals surface area contributed by atoms with Crippen LogP contribution in [0.5, 0.6) is 0 Å². The Kier molecular flexibility index (Phi) is 10.1. The molecule has 0 bridgehead atoms. The molecule has 3 unspecified atom stereocenters. The number of hydrogen-bond acceptors (Lipinski definition) is 4. The standard InChI is InChI=1S/C33H43F5N4O/c1-2-32(34,35)26-20-25(21-27(22-26)33(36,37)38)31(43)42-14-11-29(23-30(42)19-24-7-4-3-5-8-24)41-17-15-40(16-18-41)28-9-6-12-39-13-10-28/h3-5,7-8,20-22,28-30,39H,2,6,9-19,23H2,1H3. The lowest BCUT2D eigenvalue weighted by atomic mass is 9.89. The van der Waals surface area contributed by atoms with Crippen molar-refractivity contribution in [2.75, 3.05) is 45.8 Å². The largest absolute Gasteiger partial charge is 0.416 e. The first-order valence-electron chi connectivity index (χ1n) is 15.7. The summed E-state index contributed by atoms with van der Waals surface area (Å²) in [6.07, 6.45) is 0.00798. The fraction of sp³-hybridized carbons (Fsp3) is 0.606. The molecule has 2 aromatic carbocycles. The average molecular weight is 607 g/mol. The SMILES string of the molecule is CCC(F)(F)c1cc(C(=O)N2CCC(N3CCN(C4CCCNCC4)CC3)CC2Cc2ccccc2)cc(C(F)(F)F)c1. The van der Waals surface area contributed by atoms with Crippen LogP contribution in [-0.2, 0) is 18.5 Å². The van der Waals surface area contributed by atoms with Crippen LogP contribution in [0.2, 0.25) is 0 Å². The van der Waals surface area contributed by atoms with Gasteiger partial charge in [-0.1, -0.05) is 37.3 Å². The van der Waals surface area contributed by atoms with E-state index in [0.29, 0.717) is 37.9 Å². The maximum atomic E-state index is 14.6. The Labute approximate surface area is 251 Å². The van der Waals surface area contributed by atoms with Crippen molar-refractivity contribution in [1.82, 2.24) is 20.0 Å². The lowest BCUT2D eigenvalue weighted by molar-refractivity contribution is -0.137. The van der Waals surface area contributed by atoms with Crippen LogP contribution in [0.15, 0.2) is 48.5 Å². The van der Waals surface area contributed by atoms with Gasteiger partial charge in [-0.25, -0.2) is 8.78 Å². The van der Waals surface area contributed by atoms with E-state index in [1.54, 1.807) is 4.90 Å². The predicted octanol–water partition coefficient (Wildman–Crippen LogP) is 6.18. The molecule has 1 N–H and O–H groups in total. The molecule has 3 heterocycles. The second-order valence-electron chi connectivity index (χ2n) is 12.3. The molecule has 43 heavy (non-hydrogen) atoms. The molecule has 236 valence electrons. The molecule has 5 nitrogen and oxygen atoms in total. The minimum Gasteiger partial charge on any atom is -0.335 e. The fourth-order valence-electron chi connectivity index (χ4n) is 7.04. The van der Waals surface area contributed by atoms with Gasteiger partial charge in [-0.2, -0.15) is 13.2 Å². The summed E-state index contributed by atoms with van der Waals surface area (Å²) in [5, 5.41) is 3.49. The number of rotatable bonds is 7. The zero-order valence-electron chi connectivity index (χ0n) is 24.9. The van der Waals surface area contributed by atoms with Crippen molar-refractivity contribution < 1.29 is 26.7 Å². The number of halogens is 5. The van der Waals surface area contributed by atoms with Gasteiger partial charge >= 0.3 is 6.18 Å². The van der Waals surface area contributed by atoms with Gasteiger partial charge in [0.15, 0.2) is 0 Å². The number of likely N-dealkylation sites (tertiary alicyclic amines) is 1. The predicted molar refractivity (Wildman–Crippen MR) is 157 cm³/mol. The molecule has 0 radical (unpaired) electrons. The smallest absolute Gasteiger partial charge is 0.335 e. The quantitative estimate of drug-likeness (QED) is 0.382. The Morgan fingerprint density at radius 3 is 2.19 bits per heavy atom. The van der Waals surface area contributed by atoms with E-state index in [0.717, 1.165) is 57.0 Å². The third-order valence-electron chi connectivity index (χ3n) is 9.56. The van der Waals surface area contributed by atoms with Crippen molar-refractivity contribution in [3.05, 3.63) is 70.8 Å². The number of hydrogen-bond donors (Lipinski definition) is 1. The zero-order chi connectivity index (χ0) is 30.6. The summed E-state index contributed by atoms with van der Waals surface area (Å²) in [5.41, 5.74) is -1.30. The summed E-state index contributed by atoms with van der Waals surface area (Å²) in [5.74, 6) is -4.09. The number of alkyl halides is 5. The summed E-state index contributed by atoms with van der Waals surface area (Å²) < 4.78 is 70.5. The number of piperazine rings is 1. The molecular weight excluding hydrogens is 563 g/mol. The first-order chi connectivity index (χ1) is 20.5. The molecule has 3 aliphatic heterocycles. The van der Waals surface area contributed by atoms with Gasteiger partial charge in [-0.3, -0.25) is 14.6 Å². The van der Waals surface area contributed by atoms with Crippen molar-refractivity contribution in [3.63, 3.8) is 0 Å². The van der Waals surface area contributed by atoms with Crippen LogP contribution in [0.4, 0.5) is 22.0 Å². The van der Waals surface area contributed by atoms with Crippen LogP contribution in [0, 0.1) is 0 Å². The van der Waals surface area contributed by atoms with E-state index in [9.17, 15) is 26.7 Å². The first kappa shape index (κ1) is 31.9. The highest BCUT2D eigenvalue weighted by atomic mass is 19.4. The van der Waals surface area contributed by atoms with Crippen molar-refractivity contribution >= 4 is 5.91 Å². The number of carbonyl (C=O) groups is 1. The second-order valence-corrected chi connectivity index (χ2v) is 12.3. The maximum absolute atomic E-state index is 14.6. The van der Waals surface area contributed by atoms with Crippen molar-refractivity contribution in [3.8, 4) is 0 Å². The normalized spacial score (nSPS) is 25.0. The van der Waals surface area contributed by atoms with Crippen molar-refractivity contribution in [2.24, 2.45) is 0 Å². The first-order valence-corrected chi connectivity index (χ1v) is 15.7. The minimum atomic E-state index is -4.85. The number of benzene rings is 2. The lowest BCUT2D eigenvalue weighted by Gasteiger charge is -2.47. The third kappa shape index (κ3) is 7.75. The summed E-state index contributed by atoms with van der Waals surface area (Å²) in [6.45, 7) is 7.63. The number of nitrogens with zero attached hydrogens (tertiary/aromatic N) is 3. The lowest BCUT2D eigenvalue weighted by Crippen LogP contribution is -2.57. The molecule has 1 amide bonds. The highest BCUT2D eigenvalue weighted by molar-refractivity contribution is 5.95. The van der Waals surface area contributed by atoms with Gasteiger partial charge in [0.1, 0.15) is 0 Å². The number of piperidine rings is 1. The van der Waals surface area contributed by atoms with Crippen LogP contribution in [0.25, 0.3) is 0 Å². The third-order valence-corrected chi connectivity index (χ3v) is 9.56. The van der Waals surface area contributed by atoms with E-state index in [1.165, 1.54) is 26.2 Å². The van der Waals surface area contributed by atoms with Gasteiger partial charge in [0.05, 0.1) is 5.56 Å². The summed E-state index contributed by atoms with van der Waals surface area (Å²) in [4.78, 5) is 20.6. The highest BCUT2D eigenvalue weighted by Gasteiger charge is 2.40. The Bertz CT molecular complexity index is 1210. The van der Waals surface area contributed by atoms with Gasteiger partial charge in [0.25, 0.3) is 11.8 Å². The van der Waals surface area contributed by atoms with Crippen LogP contribution in [0.1, 0.15) is 72.5 Å². The highest BCUT2D eigenvalue weighted by Crippen LogP contribution is 2.38. The molecule has 0 saturated carbocycles. The van der Waals surface area contributed by atoms with E-state index in [1.807, 2.05) is 30.3 Å². The average Bonchev–Trinajstić information content (AvgIpc) is 3.30. The monoisotopic (exact) mass is 606 g/mol. The molecule has 3 fully saturated rings. The topological polar surface area (TPSA) is 38.8 Å². The van der Waals surface area contributed by atoms with Gasteiger partial charge < -0.3 is 10.2 Å². The van der Waals surface area contributed by atoms with Gasteiger partial charge in [-0.05, 0) is 75.4 Å². The molecule has 0 spiro atoms. The van der Waals surface area contributed by atoms with Crippen LogP contribution >= 0.6 is 0 Å². The number of carbonyl (C=O) groups excluding carboxylic acids is 1. The summed E-state index contributed by atoms with van der Waals surface area (Å²) >= 11 is 0. The minimum absolute atomic E-state index is 0.247. The molecule has 0 aromatic heterocycles. The van der Waals surface area contributed by atoms with Crippen LogP contribution in [0.3, 0.4) is 0 Å². The van der Waals surface area contributed by atoms with Crippen LogP contribution in [-0.4, -0.2) is 84.5 Å². The van der Waals surface area contributed by atoms with Gasteiger partial charge in [0, 0.05) is 68.4 Å². The Balaban J connectivity index is 1.35. The van der Waals surface area contributed by atoms with Crippen LogP contribution < -0.4 is 5.32 Å². The molecule has 2 aromatic rings. The van der Waals surface area contributed by atoms with E-state index in [4.69, 9.17) is 0 Å². The Morgan fingerprint density at radius 2 is 1.51 bits per heavy atom. The molecule has 5 rings (SSSR count). The summed E-state index contributed by atoms with van der Waals surface area (Å²) in [7, 11) is 0. The molecule has 3 atom stereocenters. The van der Waals surface area contributed by atoms with Gasteiger partial charge in [0.2, 0.25) is 0 Å². The Morgan fingerprint density at radius 1 is 0.837 bits per heavy atom. The molecule has 3 saturated heterocycles. The molecular formula is C33H43F5N4O. The molecule has 3 aliphatic rings. The second kappa shape index (κ2) is 13.6. The van der Waals surface area contributed by atoms with Gasteiger partial charge in [-0.15, -0.1) is 0 Å².